The van der Waals surface area contributed by atoms with Crippen LogP contribution in [0.25, 0.3) is 0 Å². The Labute approximate surface area is 113 Å². The van der Waals surface area contributed by atoms with Gasteiger partial charge in [-0.05, 0) is 50.6 Å². The number of benzene rings is 1. The van der Waals surface area contributed by atoms with Crippen molar-refractivity contribution in [2.24, 2.45) is 7.05 Å². The lowest BCUT2D eigenvalue weighted by atomic mass is 9.98. The molecule has 0 aliphatic heterocycles. The molecule has 3 nitrogen and oxygen atoms in total. The first-order chi connectivity index (χ1) is 9.02. The lowest BCUT2D eigenvalue weighted by Gasteiger charge is -2.17. The Morgan fingerprint density at radius 3 is 2.63 bits per heavy atom. The van der Waals surface area contributed by atoms with Crippen LogP contribution in [0.3, 0.4) is 0 Å². The fourth-order valence-electron chi connectivity index (χ4n) is 2.43. The molecule has 0 amide bonds. The minimum absolute atomic E-state index is 0.0947. The third kappa shape index (κ3) is 2.84. The van der Waals surface area contributed by atoms with Gasteiger partial charge in [0.1, 0.15) is 5.82 Å². The molecule has 0 radical (unpaired) electrons. The maximum Gasteiger partial charge on any atom is 0.123 e. The number of hydrogen-bond acceptors (Lipinski definition) is 2. The van der Waals surface area contributed by atoms with Crippen LogP contribution in [-0.2, 0) is 13.5 Å². The monoisotopic (exact) mass is 261 g/mol. The molecule has 1 heterocycles. The van der Waals surface area contributed by atoms with E-state index in [0.717, 1.165) is 23.4 Å². The summed E-state index contributed by atoms with van der Waals surface area (Å²) in [5, 5.41) is 7.68. The predicted octanol–water partition coefficient (Wildman–Crippen LogP) is 2.68. The first kappa shape index (κ1) is 13.7. The SMILES string of the molecule is CNC(Cc1c(C)nn(C)c1C)c1cccc(F)c1. The van der Waals surface area contributed by atoms with Gasteiger partial charge in [-0.1, -0.05) is 12.1 Å². The topological polar surface area (TPSA) is 29.9 Å². The summed E-state index contributed by atoms with van der Waals surface area (Å²) in [5.74, 6) is -0.197. The molecule has 1 atom stereocenters. The zero-order valence-corrected chi connectivity index (χ0v) is 11.9. The Morgan fingerprint density at radius 1 is 1.37 bits per heavy atom. The molecule has 19 heavy (non-hydrogen) atoms. The van der Waals surface area contributed by atoms with E-state index in [-0.39, 0.29) is 11.9 Å². The number of rotatable bonds is 4. The fraction of sp³-hybridized carbons (Fsp3) is 0.400. The van der Waals surface area contributed by atoms with Gasteiger partial charge in [-0.2, -0.15) is 5.10 Å². The summed E-state index contributed by atoms with van der Waals surface area (Å²) >= 11 is 0. The van der Waals surface area contributed by atoms with E-state index < -0.39 is 0 Å². The van der Waals surface area contributed by atoms with Crippen molar-refractivity contribution < 1.29 is 4.39 Å². The molecule has 0 saturated carbocycles. The van der Waals surface area contributed by atoms with Crippen molar-refractivity contribution in [1.82, 2.24) is 15.1 Å². The molecule has 0 aliphatic carbocycles. The van der Waals surface area contributed by atoms with E-state index in [1.165, 1.54) is 11.6 Å². The maximum absolute atomic E-state index is 13.3. The molecule has 2 aromatic rings. The first-order valence-electron chi connectivity index (χ1n) is 6.44. The average molecular weight is 261 g/mol. The molecule has 1 N–H and O–H groups in total. The van der Waals surface area contributed by atoms with Crippen LogP contribution in [0.1, 0.15) is 28.6 Å². The van der Waals surface area contributed by atoms with Crippen LogP contribution in [0.15, 0.2) is 24.3 Å². The van der Waals surface area contributed by atoms with Crippen molar-refractivity contribution in [2.75, 3.05) is 7.05 Å². The van der Waals surface area contributed by atoms with Crippen LogP contribution in [0.2, 0.25) is 0 Å². The standard InChI is InChI=1S/C15H20FN3/c1-10-14(11(2)19(4)18-10)9-15(17-3)12-6-5-7-13(16)8-12/h5-8,15,17H,9H2,1-4H3. The van der Waals surface area contributed by atoms with E-state index in [1.54, 1.807) is 12.1 Å². The van der Waals surface area contributed by atoms with Crippen molar-refractivity contribution in [2.45, 2.75) is 26.3 Å². The summed E-state index contributed by atoms with van der Waals surface area (Å²) in [6.07, 6.45) is 0.811. The molecule has 0 spiro atoms. The summed E-state index contributed by atoms with van der Waals surface area (Å²) in [5.41, 5.74) is 4.39. The van der Waals surface area contributed by atoms with Gasteiger partial charge in [0, 0.05) is 18.8 Å². The van der Waals surface area contributed by atoms with Crippen molar-refractivity contribution in [3.8, 4) is 0 Å². The van der Waals surface area contributed by atoms with Crippen LogP contribution in [0.4, 0.5) is 4.39 Å². The summed E-state index contributed by atoms with van der Waals surface area (Å²) in [4.78, 5) is 0. The van der Waals surface area contributed by atoms with E-state index in [0.29, 0.717) is 0 Å². The highest BCUT2D eigenvalue weighted by molar-refractivity contribution is 5.29. The Bertz CT molecular complexity index is 575. The molecule has 1 unspecified atom stereocenters. The third-order valence-corrected chi connectivity index (χ3v) is 3.67. The lowest BCUT2D eigenvalue weighted by Crippen LogP contribution is -2.19. The second-order valence-corrected chi connectivity index (χ2v) is 4.87. The Hall–Kier alpha value is -1.68. The average Bonchev–Trinajstić information content (AvgIpc) is 2.61. The highest BCUT2D eigenvalue weighted by Gasteiger charge is 2.16. The van der Waals surface area contributed by atoms with Gasteiger partial charge in [0.2, 0.25) is 0 Å². The smallest absolute Gasteiger partial charge is 0.123 e. The minimum atomic E-state index is -0.197. The van der Waals surface area contributed by atoms with Crippen molar-refractivity contribution in [1.29, 1.82) is 0 Å². The number of likely N-dealkylation sites (N-methyl/N-ethyl adjacent to an activating group) is 1. The van der Waals surface area contributed by atoms with E-state index in [2.05, 4.69) is 17.3 Å². The minimum Gasteiger partial charge on any atom is -0.313 e. The highest BCUT2D eigenvalue weighted by atomic mass is 19.1. The number of hydrogen-bond donors (Lipinski definition) is 1. The molecular formula is C15H20FN3. The number of aryl methyl sites for hydroxylation is 2. The summed E-state index contributed by atoms with van der Waals surface area (Å²) in [6.45, 7) is 4.08. The Kier molecular flexibility index (Phi) is 4.00. The quantitative estimate of drug-likeness (QED) is 0.917. The summed E-state index contributed by atoms with van der Waals surface area (Å²) < 4.78 is 15.2. The Balaban J connectivity index is 2.29. The van der Waals surface area contributed by atoms with Gasteiger partial charge < -0.3 is 5.32 Å². The van der Waals surface area contributed by atoms with E-state index >= 15 is 0 Å². The first-order valence-corrected chi connectivity index (χ1v) is 6.44. The molecule has 0 bridgehead atoms. The van der Waals surface area contributed by atoms with Crippen LogP contribution >= 0.6 is 0 Å². The van der Waals surface area contributed by atoms with Gasteiger partial charge in [-0.3, -0.25) is 4.68 Å². The predicted molar refractivity (Wildman–Crippen MR) is 74.6 cm³/mol. The summed E-state index contributed by atoms with van der Waals surface area (Å²) in [6, 6.07) is 6.85. The van der Waals surface area contributed by atoms with Gasteiger partial charge in [0.05, 0.1) is 5.69 Å². The molecule has 102 valence electrons. The van der Waals surface area contributed by atoms with Gasteiger partial charge in [-0.25, -0.2) is 4.39 Å². The van der Waals surface area contributed by atoms with Gasteiger partial charge in [0.25, 0.3) is 0 Å². The Morgan fingerprint density at radius 2 is 2.11 bits per heavy atom. The molecule has 0 aliphatic rings. The second-order valence-electron chi connectivity index (χ2n) is 4.87. The molecule has 1 aromatic heterocycles. The maximum atomic E-state index is 13.3. The van der Waals surface area contributed by atoms with Crippen LogP contribution in [-0.4, -0.2) is 16.8 Å². The number of aromatic nitrogens is 2. The van der Waals surface area contributed by atoms with Crippen molar-refractivity contribution in [3.05, 3.63) is 52.6 Å². The number of nitrogens with one attached hydrogen (secondary N) is 1. The lowest BCUT2D eigenvalue weighted by molar-refractivity contribution is 0.575. The van der Waals surface area contributed by atoms with Crippen LogP contribution in [0, 0.1) is 19.7 Å². The van der Waals surface area contributed by atoms with Crippen LogP contribution in [0.5, 0.6) is 0 Å². The fourth-order valence-corrected chi connectivity index (χ4v) is 2.43. The van der Waals surface area contributed by atoms with Crippen molar-refractivity contribution >= 4 is 0 Å². The number of nitrogens with zero attached hydrogens (tertiary/aromatic N) is 2. The highest BCUT2D eigenvalue weighted by Crippen LogP contribution is 2.22. The van der Waals surface area contributed by atoms with Crippen LogP contribution < -0.4 is 5.32 Å². The molecule has 1 aromatic carbocycles. The van der Waals surface area contributed by atoms with E-state index in [1.807, 2.05) is 31.8 Å². The molecule has 4 heteroatoms. The largest absolute Gasteiger partial charge is 0.313 e. The van der Waals surface area contributed by atoms with Crippen molar-refractivity contribution in [3.63, 3.8) is 0 Å². The molecule has 0 fully saturated rings. The van der Waals surface area contributed by atoms with Gasteiger partial charge in [0.15, 0.2) is 0 Å². The number of halogens is 1. The third-order valence-electron chi connectivity index (χ3n) is 3.67. The molecular weight excluding hydrogens is 241 g/mol. The van der Waals surface area contributed by atoms with E-state index in [4.69, 9.17) is 0 Å². The van der Waals surface area contributed by atoms with Gasteiger partial charge in [-0.15, -0.1) is 0 Å². The molecule has 0 saturated heterocycles. The zero-order valence-electron chi connectivity index (χ0n) is 11.9. The van der Waals surface area contributed by atoms with Gasteiger partial charge >= 0.3 is 0 Å². The molecule has 2 rings (SSSR count). The second kappa shape index (κ2) is 5.53. The normalized spacial score (nSPS) is 12.7. The zero-order chi connectivity index (χ0) is 14.0. The summed E-state index contributed by atoms with van der Waals surface area (Å²) in [7, 11) is 3.85. The van der Waals surface area contributed by atoms with E-state index in [9.17, 15) is 4.39 Å².